The predicted octanol–water partition coefficient (Wildman–Crippen LogP) is 3.87. The van der Waals surface area contributed by atoms with E-state index in [4.69, 9.17) is 0 Å². The molecule has 2 N–H and O–H groups in total. The van der Waals surface area contributed by atoms with Crippen molar-refractivity contribution >= 4 is 33.3 Å². The summed E-state index contributed by atoms with van der Waals surface area (Å²) in [6.07, 6.45) is 3.04. The minimum atomic E-state index is -0.285. The smallest absolute Gasteiger partial charge is 0.275 e. The van der Waals surface area contributed by atoms with Gasteiger partial charge in [-0.25, -0.2) is 9.97 Å². The highest BCUT2D eigenvalue weighted by atomic mass is 79.9. The lowest BCUT2D eigenvalue weighted by atomic mass is 10.2. The Labute approximate surface area is 138 Å². The van der Waals surface area contributed by atoms with Crippen molar-refractivity contribution in [3.63, 3.8) is 0 Å². The van der Waals surface area contributed by atoms with E-state index in [2.05, 4.69) is 50.4 Å². The molecule has 0 aliphatic heterocycles. The second kappa shape index (κ2) is 7.35. The number of carbonyl (C=O) groups excluding carboxylic acids is 1. The van der Waals surface area contributed by atoms with Gasteiger partial charge in [0.25, 0.3) is 5.91 Å². The average molecular weight is 363 g/mol. The van der Waals surface area contributed by atoms with E-state index in [-0.39, 0.29) is 11.6 Å². The SMILES string of the molecule is Cc1ccc(NC(=O)c2cnc(NCC(C)C)cn2)c(Br)c1. The third kappa shape index (κ3) is 4.53. The van der Waals surface area contributed by atoms with Gasteiger partial charge in [-0.1, -0.05) is 19.9 Å². The second-order valence-electron chi connectivity index (χ2n) is 5.50. The molecule has 2 rings (SSSR count). The van der Waals surface area contributed by atoms with E-state index in [1.54, 1.807) is 6.20 Å². The molecule has 0 fully saturated rings. The molecule has 0 spiro atoms. The van der Waals surface area contributed by atoms with Crippen LogP contribution < -0.4 is 10.6 Å². The Morgan fingerprint density at radius 1 is 1.27 bits per heavy atom. The van der Waals surface area contributed by atoms with Crippen molar-refractivity contribution in [3.8, 4) is 0 Å². The molecule has 1 aromatic carbocycles. The Bertz CT molecular complexity index is 656. The molecule has 2 aromatic rings. The van der Waals surface area contributed by atoms with E-state index < -0.39 is 0 Å². The number of halogens is 1. The Morgan fingerprint density at radius 3 is 2.64 bits per heavy atom. The Kier molecular flexibility index (Phi) is 5.49. The molecule has 0 aliphatic rings. The fourth-order valence-electron chi connectivity index (χ4n) is 1.75. The van der Waals surface area contributed by atoms with Crippen LogP contribution in [0, 0.1) is 12.8 Å². The zero-order valence-corrected chi connectivity index (χ0v) is 14.4. The lowest BCUT2D eigenvalue weighted by molar-refractivity contribution is 0.102. The van der Waals surface area contributed by atoms with Crippen LogP contribution in [0.4, 0.5) is 11.5 Å². The third-order valence-corrected chi connectivity index (χ3v) is 3.60. The van der Waals surface area contributed by atoms with Crippen molar-refractivity contribution in [2.24, 2.45) is 5.92 Å². The molecule has 1 aromatic heterocycles. The quantitative estimate of drug-likeness (QED) is 0.846. The average Bonchev–Trinajstić information content (AvgIpc) is 2.48. The fraction of sp³-hybridized carbons (Fsp3) is 0.312. The van der Waals surface area contributed by atoms with E-state index in [1.807, 2.05) is 25.1 Å². The standard InChI is InChI=1S/C16H19BrN4O/c1-10(2)7-19-15-9-18-14(8-20-15)16(22)21-13-5-4-11(3)6-12(13)17/h4-6,8-10H,7H2,1-3H3,(H,19,20)(H,21,22). The first kappa shape index (κ1) is 16.4. The van der Waals surface area contributed by atoms with Crippen molar-refractivity contribution in [1.29, 1.82) is 0 Å². The summed E-state index contributed by atoms with van der Waals surface area (Å²) in [5.41, 5.74) is 2.10. The maximum absolute atomic E-state index is 12.2. The minimum absolute atomic E-state index is 0.280. The normalized spacial score (nSPS) is 10.6. The fourth-order valence-corrected chi connectivity index (χ4v) is 2.35. The molecule has 116 valence electrons. The van der Waals surface area contributed by atoms with Crippen molar-refractivity contribution in [3.05, 3.63) is 46.3 Å². The van der Waals surface area contributed by atoms with Crippen LogP contribution >= 0.6 is 15.9 Å². The number of carbonyl (C=O) groups is 1. The number of nitrogens with zero attached hydrogens (tertiary/aromatic N) is 2. The van der Waals surface area contributed by atoms with E-state index >= 15 is 0 Å². The van der Waals surface area contributed by atoms with Gasteiger partial charge in [0.05, 0.1) is 18.1 Å². The molecular formula is C16H19BrN4O. The highest BCUT2D eigenvalue weighted by molar-refractivity contribution is 9.10. The van der Waals surface area contributed by atoms with Gasteiger partial charge in [0.1, 0.15) is 11.5 Å². The zero-order chi connectivity index (χ0) is 16.1. The largest absolute Gasteiger partial charge is 0.369 e. The van der Waals surface area contributed by atoms with Gasteiger partial charge in [-0.05, 0) is 46.5 Å². The highest BCUT2D eigenvalue weighted by Gasteiger charge is 2.10. The molecule has 0 unspecified atom stereocenters. The molecule has 0 saturated carbocycles. The van der Waals surface area contributed by atoms with Crippen LogP contribution in [-0.4, -0.2) is 22.4 Å². The van der Waals surface area contributed by atoms with Crippen LogP contribution in [0.1, 0.15) is 29.9 Å². The van der Waals surface area contributed by atoms with Crippen LogP contribution in [0.25, 0.3) is 0 Å². The van der Waals surface area contributed by atoms with Gasteiger partial charge < -0.3 is 10.6 Å². The second-order valence-corrected chi connectivity index (χ2v) is 6.35. The molecule has 0 saturated heterocycles. The number of anilines is 2. The minimum Gasteiger partial charge on any atom is -0.369 e. The number of hydrogen-bond acceptors (Lipinski definition) is 4. The van der Waals surface area contributed by atoms with Gasteiger partial charge in [-0.2, -0.15) is 0 Å². The van der Waals surface area contributed by atoms with Gasteiger partial charge in [0, 0.05) is 11.0 Å². The van der Waals surface area contributed by atoms with E-state index in [1.165, 1.54) is 6.20 Å². The molecule has 22 heavy (non-hydrogen) atoms. The lowest BCUT2D eigenvalue weighted by Gasteiger charge is -2.09. The number of aryl methyl sites for hydroxylation is 1. The van der Waals surface area contributed by atoms with Crippen molar-refractivity contribution in [2.45, 2.75) is 20.8 Å². The molecule has 1 amide bonds. The summed E-state index contributed by atoms with van der Waals surface area (Å²) in [6, 6.07) is 5.73. The Morgan fingerprint density at radius 2 is 2.05 bits per heavy atom. The van der Waals surface area contributed by atoms with E-state index in [9.17, 15) is 4.79 Å². The van der Waals surface area contributed by atoms with Gasteiger partial charge in [-0.3, -0.25) is 4.79 Å². The van der Waals surface area contributed by atoms with Gasteiger partial charge in [0.15, 0.2) is 0 Å². The van der Waals surface area contributed by atoms with Crippen LogP contribution in [0.2, 0.25) is 0 Å². The summed E-state index contributed by atoms with van der Waals surface area (Å²) < 4.78 is 0.837. The topological polar surface area (TPSA) is 66.9 Å². The summed E-state index contributed by atoms with van der Waals surface area (Å²) >= 11 is 3.43. The number of aromatic nitrogens is 2. The van der Waals surface area contributed by atoms with Gasteiger partial charge in [-0.15, -0.1) is 0 Å². The maximum atomic E-state index is 12.2. The van der Waals surface area contributed by atoms with Crippen molar-refractivity contribution < 1.29 is 4.79 Å². The van der Waals surface area contributed by atoms with Gasteiger partial charge >= 0.3 is 0 Å². The molecule has 0 radical (unpaired) electrons. The molecule has 0 bridgehead atoms. The number of benzene rings is 1. The summed E-state index contributed by atoms with van der Waals surface area (Å²) in [7, 11) is 0. The summed E-state index contributed by atoms with van der Waals surface area (Å²) in [4.78, 5) is 20.5. The maximum Gasteiger partial charge on any atom is 0.275 e. The van der Waals surface area contributed by atoms with E-state index in [0.717, 1.165) is 16.6 Å². The zero-order valence-electron chi connectivity index (χ0n) is 12.9. The van der Waals surface area contributed by atoms with Crippen molar-refractivity contribution in [2.75, 3.05) is 17.2 Å². The molecule has 1 heterocycles. The first-order valence-corrected chi connectivity index (χ1v) is 7.88. The summed E-state index contributed by atoms with van der Waals surface area (Å²) in [5, 5.41) is 5.98. The van der Waals surface area contributed by atoms with Crippen LogP contribution in [0.5, 0.6) is 0 Å². The molecule has 0 aliphatic carbocycles. The van der Waals surface area contributed by atoms with Crippen LogP contribution in [-0.2, 0) is 0 Å². The molecule has 0 atom stereocenters. The highest BCUT2D eigenvalue weighted by Crippen LogP contribution is 2.23. The van der Waals surface area contributed by atoms with E-state index in [0.29, 0.717) is 17.4 Å². The summed E-state index contributed by atoms with van der Waals surface area (Å²) in [6.45, 7) is 7.03. The molecular weight excluding hydrogens is 344 g/mol. The first-order chi connectivity index (χ1) is 10.5. The third-order valence-electron chi connectivity index (χ3n) is 2.95. The number of hydrogen-bond donors (Lipinski definition) is 2. The first-order valence-electron chi connectivity index (χ1n) is 7.09. The molecule has 5 nitrogen and oxygen atoms in total. The number of nitrogens with one attached hydrogen (secondary N) is 2. The number of rotatable bonds is 5. The Hall–Kier alpha value is -1.95. The van der Waals surface area contributed by atoms with Crippen LogP contribution in [0.3, 0.4) is 0 Å². The monoisotopic (exact) mass is 362 g/mol. The lowest BCUT2D eigenvalue weighted by Crippen LogP contribution is -2.15. The van der Waals surface area contributed by atoms with Crippen molar-refractivity contribution in [1.82, 2.24) is 9.97 Å². The summed E-state index contributed by atoms with van der Waals surface area (Å²) in [5.74, 6) is 0.901. The molecule has 6 heteroatoms. The number of amides is 1. The van der Waals surface area contributed by atoms with Gasteiger partial charge in [0.2, 0.25) is 0 Å². The van der Waals surface area contributed by atoms with Crippen LogP contribution in [0.15, 0.2) is 35.1 Å². The predicted molar refractivity (Wildman–Crippen MR) is 92.2 cm³/mol. The Balaban J connectivity index is 2.03.